The lowest BCUT2D eigenvalue weighted by atomic mass is 9.87. The SMILES string of the molecule is COC(=O)C(CCc1cc(OC)c(OC)c(OC)c1)C(C(=O)OC)C(=O)OC. The van der Waals surface area contributed by atoms with Crippen LogP contribution in [0.25, 0.3) is 0 Å². The summed E-state index contributed by atoms with van der Waals surface area (Å²) in [6.45, 7) is 0. The highest BCUT2D eigenvalue weighted by Gasteiger charge is 2.41. The summed E-state index contributed by atoms with van der Waals surface area (Å²) in [5, 5.41) is 0. The first-order valence-corrected chi connectivity index (χ1v) is 8.40. The topological polar surface area (TPSA) is 107 Å². The second-order valence-corrected chi connectivity index (χ2v) is 5.73. The fourth-order valence-electron chi connectivity index (χ4n) is 2.85. The average molecular weight is 398 g/mol. The van der Waals surface area contributed by atoms with E-state index in [1.165, 1.54) is 28.4 Å². The highest BCUT2D eigenvalue weighted by Crippen LogP contribution is 2.39. The zero-order valence-electron chi connectivity index (χ0n) is 16.9. The predicted octanol–water partition coefficient (Wildman–Crippen LogP) is 1.40. The second kappa shape index (κ2) is 11.0. The van der Waals surface area contributed by atoms with Crippen LogP contribution in [0.2, 0.25) is 0 Å². The molecule has 0 amide bonds. The van der Waals surface area contributed by atoms with E-state index in [1.54, 1.807) is 12.1 Å². The van der Waals surface area contributed by atoms with Gasteiger partial charge in [-0.05, 0) is 30.5 Å². The van der Waals surface area contributed by atoms with Gasteiger partial charge in [-0.1, -0.05) is 0 Å². The smallest absolute Gasteiger partial charge is 0.320 e. The lowest BCUT2D eigenvalue weighted by Crippen LogP contribution is -2.38. The van der Waals surface area contributed by atoms with Crippen molar-refractivity contribution in [3.8, 4) is 17.2 Å². The minimum Gasteiger partial charge on any atom is -0.493 e. The van der Waals surface area contributed by atoms with Gasteiger partial charge in [0.15, 0.2) is 17.4 Å². The summed E-state index contributed by atoms with van der Waals surface area (Å²) >= 11 is 0. The number of carbonyl (C=O) groups excluding carboxylic acids is 3. The van der Waals surface area contributed by atoms with E-state index >= 15 is 0 Å². The highest BCUT2D eigenvalue weighted by atomic mass is 16.6. The number of aryl methyl sites for hydroxylation is 1. The standard InChI is InChI=1S/C19H26O9/c1-23-13-9-11(10-14(24-2)16(13)25-3)7-8-12(17(20)26-4)15(18(21)27-5)19(22)28-6/h9-10,12,15H,7-8H2,1-6H3. The van der Waals surface area contributed by atoms with Crippen LogP contribution in [0.5, 0.6) is 17.2 Å². The van der Waals surface area contributed by atoms with Crippen LogP contribution in [0.3, 0.4) is 0 Å². The Balaban J connectivity index is 3.20. The number of rotatable bonds is 10. The molecule has 1 aromatic rings. The van der Waals surface area contributed by atoms with Crippen molar-refractivity contribution < 1.29 is 42.8 Å². The van der Waals surface area contributed by atoms with Gasteiger partial charge in [-0.2, -0.15) is 0 Å². The molecule has 9 nitrogen and oxygen atoms in total. The zero-order chi connectivity index (χ0) is 21.3. The molecular weight excluding hydrogens is 372 g/mol. The molecule has 0 aromatic heterocycles. The van der Waals surface area contributed by atoms with E-state index in [1.807, 2.05) is 0 Å². The van der Waals surface area contributed by atoms with Gasteiger partial charge in [0.2, 0.25) is 5.75 Å². The Morgan fingerprint density at radius 3 is 1.57 bits per heavy atom. The Morgan fingerprint density at radius 2 is 1.21 bits per heavy atom. The fourth-order valence-corrected chi connectivity index (χ4v) is 2.85. The molecule has 9 heteroatoms. The van der Waals surface area contributed by atoms with Crippen molar-refractivity contribution in [2.75, 3.05) is 42.7 Å². The van der Waals surface area contributed by atoms with E-state index in [4.69, 9.17) is 18.9 Å². The molecule has 0 saturated carbocycles. The largest absolute Gasteiger partial charge is 0.493 e. The maximum Gasteiger partial charge on any atom is 0.320 e. The summed E-state index contributed by atoms with van der Waals surface area (Å²) in [6.07, 6.45) is 0.446. The maximum absolute atomic E-state index is 12.3. The van der Waals surface area contributed by atoms with E-state index in [2.05, 4.69) is 9.47 Å². The van der Waals surface area contributed by atoms with Gasteiger partial charge in [0.05, 0.1) is 48.6 Å². The van der Waals surface area contributed by atoms with Crippen molar-refractivity contribution in [3.05, 3.63) is 17.7 Å². The molecule has 1 aromatic carbocycles. The second-order valence-electron chi connectivity index (χ2n) is 5.73. The maximum atomic E-state index is 12.3. The van der Waals surface area contributed by atoms with Gasteiger partial charge in [-0.3, -0.25) is 14.4 Å². The van der Waals surface area contributed by atoms with Gasteiger partial charge in [0.1, 0.15) is 0 Å². The Hall–Kier alpha value is -2.97. The van der Waals surface area contributed by atoms with E-state index in [0.717, 1.165) is 19.8 Å². The number of esters is 3. The van der Waals surface area contributed by atoms with Crippen molar-refractivity contribution in [3.63, 3.8) is 0 Å². The zero-order valence-corrected chi connectivity index (χ0v) is 16.9. The van der Waals surface area contributed by atoms with Gasteiger partial charge < -0.3 is 28.4 Å². The highest BCUT2D eigenvalue weighted by molar-refractivity contribution is 5.99. The molecular formula is C19H26O9. The Bertz CT molecular complexity index is 658. The summed E-state index contributed by atoms with van der Waals surface area (Å²) in [4.78, 5) is 36.4. The lowest BCUT2D eigenvalue weighted by molar-refractivity contribution is -0.168. The number of hydrogen-bond donors (Lipinski definition) is 0. The normalized spacial score (nSPS) is 11.4. The quantitative estimate of drug-likeness (QED) is 0.328. The molecule has 0 aliphatic rings. The van der Waals surface area contributed by atoms with Crippen LogP contribution in [-0.4, -0.2) is 60.6 Å². The van der Waals surface area contributed by atoms with Gasteiger partial charge in [0.25, 0.3) is 0 Å². The van der Waals surface area contributed by atoms with E-state index in [-0.39, 0.29) is 6.42 Å². The first-order chi connectivity index (χ1) is 13.4. The lowest BCUT2D eigenvalue weighted by Gasteiger charge is -2.21. The average Bonchev–Trinajstić information content (AvgIpc) is 2.73. The molecule has 1 rings (SSSR count). The van der Waals surface area contributed by atoms with Crippen LogP contribution < -0.4 is 14.2 Å². The van der Waals surface area contributed by atoms with Crippen LogP contribution >= 0.6 is 0 Å². The van der Waals surface area contributed by atoms with Crippen LogP contribution in [-0.2, 0) is 35.0 Å². The Kier molecular flexibility index (Phi) is 9.07. The molecule has 156 valence electrons. The third-order valence-corrected chi connectivity index (χ3v) is 4.29. The number of methoxy groups -OCH3 is 6. The molecule has 0 radical (unpaired) electrons. The Morgan fingerprint density at radius 1 is 0.750 bits per heavy atom. The van der Waals surface area contributed by atoms with Crippen molar-refractivity contribution in [1.82, 2.24) is 0 Å². The predicted molar refractivity (Wildman–Crippen MR) is 97.4 cm³/mol. The van der Waals surface area contributed by atoms with E-state index in [0.29, 0.717) is 23.7 Å². The van der Waals surface area contributed by atoms with Crippen molar-refractivity contribution >= 4 is 17.9 Å². The molecule has 0 saturated heterocycles. The van der Waals surface area contributed by atoms with Crippen molar-refractivity contribution in [2.24, 2.45) is 11.8 Å². The number of benzene rings is 1. The molecule has 0 spiro atoms. The van der Waals surface area contributed by atoms with E-state index in [9.17, 15) is 14.4 Å². The third kappa shape index (κ3) is 5.28. The first kappa shape index (κ1) is 23.1. The molecule has 0 bridgehead atoms. The van der Waals surface area contributed by atoms with Crippen LogP contribution in [0.4, 0.5) is 0 Å². The number of hydrogen-bond acceptors (Lipinski definition) is 9. The van der Waals surface area contributed by atoms with Crippen molar-refractivity contribution in [1.29, 1.82) is 0 Å². The molecule has 0 heterocycles. The molecule has 0 N–H and O–H groups in total. The van der Waals surface area contributed by atoms with Crippen LogP contribution in [0.1, 0.15) is 12.0 Å². The first-order valence-electron chi connectivity index (χ1n) is 8.40. The molecule has 0 fully saturated rings. The monoisotopic (exact) mass is 398 g/mol. The molecule has 28 heavy (non-hydrogen) atoms. The van der Waals surface area contributed by atoms with Gasteiger partial charge in [-0.15, -0.1) is 0 Å². The summed E-state index contributed by atoms with van der Waals surface area (Å²) < 4.78 is 30.0. The molecule has 0 aliphatic heterocycles. The number of carbonyl (C=O) groups is 3. The third-order valence-electron chi connectivity index (χ3n) is 4.29. The minimum atomic E-state index is -1.43. The molecule has 1 atom stereocenters. The summed E-state index contributed by atoms with van der Waals surface area (Å²) in [6, 6.07) is 3.45. The van der Waals surface area contributed by atoms with E-state index < -0.39 is 29.7 Å². The Labute approximate surface area is 163 Å². The van der Waals surface area contributed by atoms with Gasteiger partial charge in [-0.25, -0.2) is 0 Å². The molecule has 0 aliphatic carbocycles. The summed E-state index contributed by atoms with van der Waals surface area (Å²) in [5.41, 5.74) is 0.747. The molecule has 1 unspecified atom stereocenters. The summed E-state index contributed by atoms with van der Waals surface area (Å²) in [5.74, 6) is -3.63. The van der Waals surface area contributed by atoms with Gasteiger partial charge in [0, 0.05) is 0 Å². The minimum absolute atomic E-state index is 0.125. The van der Waals surface area contributed by atoms with Crippen molar-refractivity contribution in [2.45, 2.75) is 12.8 Å². The number of ether oxygens (including phenoxy) is 6. The summed E-state index contributed by atoms with van der Waals surface area (Å²) in [7, 11) is 7.91. The fraction of sp³-hybridized carbons (Fsp3) is 0.526. The van der Waals surface area contributed by atoms with Crippen LogP contribution in [0, 0.1) is 11.8 Å². The van der Waals surface area contributed by atoms with Gasteiger partial charge >= 0.3 is 17.9 Å². The van der Waals surface area contributed by atoms with Crippen LogP contribution in [0.15, 0.2) is 12.1 Å².